The molecule has 0 amide bonds. The zero-order valence-corrected chi connectivity index (χ0v) is 10.2. The van der Waals surface area contributed by atoms with Crippen molar-refractivity contribution in [1.29, 1.82) is 0 Å². The number of morpholine rings is 1. The van der Waals surface area contributed by atoms with Crippen LogP contribution in [0.3, 0.4) is 0 Å². The molecular weight excluding hydrogens is 214 g/mol. The molecule has 1 N–H and O–H groups in total. The first-order valence-electron chi connectivity index (χ1n) is 6.47. The highest BCUT2D eigenvalue weighted by molar-refractivity contribution is 5.39. The van der Waals surface area contributed by atoms with Crippen LogP contribution in [0.2, 0.25) is 0 Å². The van der Waals surface area contributed by atoms with Crippen molar-refractivity contribution < 1.29 is 9.84 Å². The molecule has 1 heterocycles. The van der Waals surface area contributed by atoms with Gasteiger partial charge in [0.2, 0.25) is 0 Å². The summed E-state index contributed by atoms with van der Waals surface area (Å²) in [5.41, 5.74) is 2.53. The first-order valence-corrected chi connectivity index (χ1v) is 6.47. The zero-order valence-electron chi connectivity index (χ0n) is 10.2. The summed E-state index contributed by atoms with van der Waals surface area (Å²) >= 11 is 0. The van der Waals surface area contributed by atoms with E-state index in [-0.39, 0.29) is 6.10 Å². The minimum atomic E-state index is 0.152. The highest BCUT2D eigenvalue weighted by Gasteiger charge is 2.36. The van der Waals surface area contributed by atoms with Gasteiger partial charge < -0.3 is 9.84 Å². The van der Waals surface area contributed by atoms with Gasteiger partial charge in [-0.05, 0) is 42.6 Å². The molecule has 2 atom stereocenters. The van der Waals surface area contributed by atoms with Gasteiger partial charge in [0, 0.05) is 12.6 Å². The third kappa shape index (κ3) is 1.83. The van der Waals surface area contributed by atoms with E-state index in [1.54, 1.807) is 6.07 Å². The van der Waals surface area contributed by atoms with Crippen LogP contribution in [0.15, 0.2) is 18.2 Å². The van der Waals surface area contributed by atoms with E-state index >= 15 is 0 Å². The van der Waals surface area contributed by atoms with Crippen LogP contribution in [0.5, 0.6) is 5.75 Å². The molecule has 0 radical (unpaired) electrons. The molecule has 1 aliphatic heterocycles. The molecule has 3 nitrogen and oxygen atoms in total. The average Bonchev–Trinajstić information content (AvgIpc) is 2.37. The summed E-state index contributed by atoms with van der Waals surface area (Å²) in [6.07, 6.45) is 2.41. The molecule has 1 saturated heterocycles. The molecular formula is C14H19NO2. The SMILES string of the molecule is CCN1CCOC2c3cc(O)ccc3CCC21. The lowest BCUT2D eigenvalue weighted by atomic mass is 9.84. The molecule has 2 aliphatic rings. The van der Waals surface area contributed by atoms with Gasteiger partial charge in [0.15, 0.2) is 0 Å². The van der Waals surface area contributed by atoms with Gasteiger partial charge in [-0.15, -0.1) is 0 Å². The molecule has 92 valence electrons. The predicted molar refractivity (Wildman–Crippen MR) is 66.2 cm³/mol. The molecule has 1 fully saturated rings. The van der Waals surface area contributed by atoms with Crippen LogP contribution in [0, 0.1) is 0 Å². The number of phenolic OH excluding ortho intramolecular Hbond substituents is 1. The molecule has 0 aromatic heterocycles. The number of benzene rings is 1. The Bertz CT molecular complexity index is 419. The normalized spacial score (nSPS) is 28.5. The number of hydrogen-bond donors (Lipinski definition) is 1. The van der Waals surface area contributed by atoms with Crippen molar-refractivity contribution in [2.45, 2.75) is 31.9 Å². The van der Waals surface area contributed by atoms with Crippen molar-refractivity contribution in [3.05, 3.63) is 29.3 Å². The van der Waals surface area contributed by atoms with E-state index in [9.17, 15) is 5.11 Å². The van der Waals surface area contributed by atoms with Gasteiger partial charge in [-0.3, -0.25) is 4.90 Å². The van der Waals surface area contributed by atoms with Crippen LogP contribution in [0.4, 0.5) is 0 Å². The lowest BCUT2D eigenvalue weighted by molar-refractivity contribution is -0.0784. The summed E-state index contributed by atoms with van der Waals surface area (Å²) in [5.74, 6) is 0.349. The van der Waals surface area contributed by atoms with Gasteiger partial charge >= 0.3 is 0 Å². The maximum absolute atomic E-state index is 9.63. The van der Waals surface area contributed by atoms with Crippen molar-refractivity contribution in [3.63, 3.8) is 0 Å². The largest absolute Gasteiger partial charge is 0.508 e. The van der Waals surface area contributed by atoms with Crippen molar-refractivity contribution in [3.8, 4) is 5.75 Å². The molecule has 0 bridgehead atoms. The van der Waals surface area contributed by atoms with E-state index < -0.39 is 0 Å². The van der Waals surface area contributed by atoms with Gasteiger partial charge in [-0.2, -0.15) is 0 Å². The Balaban J connectivity index is 1.97. The van der Waals surface area contributed by atoms with Crippen molar-refractivity contribution >= 4 is 0 Å². The number of aromatic hydroxyl groups is 1. The van der Waals surface area contributed by atoms with Crippen LogP contribution in [0.1, 0.15) is 30.6 Å². The lowest BCUT2D eigenvalue weighted by Gasteiger charge is -2.44. The van der Waals surface area contributed by atoms with E-state index in [1.165, 1.54) is 11.1 Å². The minimum Gasteiger partial charge on any atom is -0.508 e. The molecule has 2 unspecified atom stereocenters. The summed E-state index contributed by atoms with van der Waals surface area (Å²) in [4.78, 5) is 2.50. The number of likely N-dealkylation sites (N-methyl/N-ethyl adjacent to an activating group) is 1. The number of fused-ring (bicyclic) bond motifs is 3. The molecule has 17 heavy (non-hydrogen) atoms. The Labute approximate surface area is 102 Å². The summed E-state index contributed by atoms with van der Waals surface area (Å²) < 4.78 is 5.94. The summed E-state index contributed by atoms with van der Waals surface area (Å²) in [6.45, 7) is 5.12. The van der Waals surface area contributed by atoms with Gasteiger partial charge in [-0.25, -0.2) is 0 Å². The van der Waals surface area contributed by atoms with Crippen molar-refractivity contribution in [2.75, 3.05) is 19.7 Å². The van der Waals surface area contributed by atoms with Crippen molar-refractivity contribution in [2.24, 2.45) is 0 Å². The summed E-state index contributed by atoms with van der Waals surface area (Å²) in [7, 11) is 0. The van der Waals surface area contributed by atoms with Crippen molar-refractivity contribution in [1.82, 2.24) is 4.90 Å². The lowest BCUT2D eigenvalue weighted by Crippen LogP contribution is -2.48. The van der Waals surface area contributed by atoms with Gasteiger partial charge in [0.05, 0.1) is 12.7 Å². The smallest absolute Gasteiger partial charge is 0.115 e. The number of rotatable bonds is 1. The zero-order chi connectivity index (χ0) is 11.8. The first-order chi connectivity index (χ1) is 8.29. The summed E-state index contributed by atoms with van der Waals surface area (Å²) in [5, 5.41) is 9.63. The highest BCUT2D eigenvalue weighted by atomic mass is 16.5. The maximum atomic E-state index is 9.63. The third-order valence-electron chi connectivity index (χ3n) is 4.05. The van der Waals surface area contributed by atoms with Crippen LogP contribution in [0.25, 0.3) is 0 Å². The second-order valence-electron chi connectivity index (χ2n) is 4.91. The van der Waals surface area contributed by atoms with Crippen LogP contribution in [-0.2, 0) is 11.2 Å². The molecule has 1 aliphatic carbocycles. The fraction of sp³-hybridized carbons (Fsp3) is 0.571. The second kappa shape index (κ2) is 4.31. The molecule has 3 rings (SSSR count). The number of aryl methyl sites for hydroxylation is 1. The molecule has 0 spiro atoms. The quantitative estimate of drug-likeness (QED) is 0.806. The Morgan fingerprint density at radius 2 is 2.35 bits per heavy atom. The van der Waals surface area contributed by atoms with E-state index in [2.05, 4.69) is 11.8 Å². The molecule has 0 saturated carbocycles. The van der Waals surface area contributed by atoms with Crippen LogP contribution in [-0.4, -0.2) is 35.7 Å². The number of nitrogens with zero attached hydrogens (tertiary/aromatic N) is 1. The van der Waals surface area contributed by atoms with Gasteiger partial charge in [0.25, 0.3) is 0 Å². The standard InChI is InChI=1S/C14H19NO2/c1-2-15-7-8-17-14-12-9-11(16)5-3-10(12)4-6-13(14)15/h3,5,9,13-14,16H,2,4,6-8H2,1H3. The third-order valence-corrected chi connectivity index (χ3v) is 4.05. The fourth-order valence-electron chi connectivity index (χ4n) is 3.17. The Hall–Kier alpha value is -1.06. The number of phenols is 1. The highest BCUT2D eigenvalue weighted by Crippen LogP contribution is 2.38. The maximum Gasteiger partial charge on any atom is 0.115 e. The van der Waals surface area contributed by atoms with E-state index in [0.717, 1.165) is 32.5 Å². The van der Waals surface area contributed by atoms with Gasteiger partial charge in [-0.1, -0.05) is 13.0 Å². The number of hydrogen-bond acceptors (Lipinski definition) is 3. The van der Waals surface area contributed by atoms with Crippen LogP contribution < -0.4 is 0 Å². The predicted octanol–water partition coefficient (Wildman–Crippen LogP) is 2.10. The Morgan fingerprint density at radius 3 is 3.18 bits per heavy atom. The Morgan fingerprint density at radius 1 is 1.47 bits per heavy atom. The monoisotopic (exact) mass is 233 g/mol. The average molecular weight is 233 g/mol. The Kier molecular flexibility index (Phi) is 2.81. The topological polar surface area (TPSA) is 32.7 Å². The fourth-order valence-corrected chi connectivity index (χ4v) is 3.17. The molecule has 1 aromatic carbocycles. The minimum absolute atomic E-state index is 0.152. The summed E-state index contributed by atoms with van der Waals surface area (Å²) in [6, 6.07) is 6.18. The second-order valence-corrected chi connectivity index (χ2v) is 4.91. The first kappa shape index (κ1) is 11.1. The molecule has 3 heteroatoms. The molecule has 1 aromatic rings. The van der Waals surface area contributed by atoms with E-state index in [1.807, 2.05) is 12.1 Å². The van der Waals surface area contributed by atoms with Gasteiger partial charge in [0.1, 0.15) is 5.75 Å². The van der Waals surface area contributed by atoms with Crippen LogP contribution >= 0.6 is 0 Å². The number of ether oxygens (including phenoxy) is 1. The van der Waals surface area contributed by atoms with E-state index in [0.29, 0.717) is 11.8 Å². The van der Waals surface area contributed by atoms with E-state index in [4.69, 9.17) is 4.74 Å².